The van der Waals surface area contributed by atoms with Gasteiger partial charge in [0.25, 0.3) is 0 Å². The van der Waals surface area contributed by atoms with Gasteiger partial charge < -0.3 is 0 Å². The molecule has 0 atom stereocenters. The second-order valence-electron chi connectivity index (χ2n) is 2.67. The van der Waals surface area contributed by atoms with Crippen molar-refractivity contribution in [3.05, 3.63) is 35.5 Å². The van der Waals surface area contributed by atoms with Crippen molar-refractivity contribution in [2.45, 2.75) is 20.8 Å². The fraction of sp³-hybridized carbons (Fsp3) is 0.300. The van der Waals surface area contributed by atoms with Gasteiger partial charge in [-0.1, -0.05) is 18.2 Å². The maximum atomic E-state index is 8.45. The van der Waals surface area contributed by atoms with E-state index in [4.69, 9.17) is 5.26 Å². The summed E-state index contributed by atoms with van der Waals surface area (Å²) < 4.78 is 0. The molecule has 0 saturated carbocycles. The molecule has 0 unspecified atom stereocenters. The Hall–Kier alpha value is -1.29. The SMILES string of the molecule is C=C(C)/C=C(C)\C=C(/C)C#N. The third-order valence-electron chi connectivity index (χ3n) is 1.09. The highest BCUT2D eigenvalue weighted by Gasteiger charge is 1.86. The van der Waals surface area contributed by atoms with E-state index >= 15 is 0 Å². The summed E-state index contributed by atoms with van der Waals surface area (Å²) in [5.74, 6) is 0. The summed E-state index contributed by atoms with van der Waals surface area (Å²) >= 11 is 0. The van der Waals surface area contributed by atoms with Crippen molar-refractivity contribution in [2.24, 2.45) is 0 Å². The molecule has 0 spiro atoms. The molecule has 0 N–H and O–H groups in total. The number of nitrogens with zero attached hydrogens (tertiary/aromatic N) is 1. The van der Waals surface area contributed by atoms with Gasteiger partial charge >= 0.3 is 0 Å². The highest BCUT2D eigenvalue weighted by atomic mass is 14.2. The van der Waals surface area contributed by atoms with Crippen LogP contribution in [0.4, 0.5) is 0 Å². The van der Waals surface area contributed by atoms with E-state index in [9.17, 15) is 0 Å². The van der Waals surface area contributed by atoms with Crippen LogP contribution in [0.5, 0.6) is 0 Å². The van der Waals surface area contributed by atoms with E-state index in [1.807, 2.05) is 26.0 Å². The number of hydrogen-bond donors (Lipinski definition) is 0. The zero-order valence-corrected chi connectivity index (χ0v) is 7.31. The van der Waals surface area contributed by atoms with Gasteiger partial charge in [0.05, 0.1) is 6.07 Å². The normalized spacial score (nSPS) is 12.5. The number of allylic oxidation sites excluding steroid dienone is 5. The Kier molecular flexibility index (Phi) is 3.98. The Morgan fingerprint density at radius 3 is 2.18 bits per heavy atom. The molecule has 11 heavy (non-hydrogen) atoms. The Morgan fingerprint density at radius 2 is 1.82 bits per heavy atom. The summed E-state index contributed by atoms with van der Waals surface area (Å²) in [7, 11) is 0. The van der Waals surface area contributed by atoms with Crippen molar-refractivity contribution < 1.29 is 0 Å². The lowest BCUT2D eigenvalue weighted by atomic mass is 10.1. The molecular formula is C10H13N. The molecule has 0 heterocycles. The fourth-order valence-corrected chi connectivity index (χ4v) is 0.804. The Bertz CT molecular complexity index is 249. The van der Waals surface area contributed by atoms with E-state index in [0.717, 1.165) is 16.7 Å². The predicted octanol–water partition coefficient (Wildman–Crippen LogP) is 2.98. The van der Waals surface area contributed by atoms with Crippen molar-refractivity contribution in [2.75, 3.05) is 0 Å². The molecule has 0 aromatic rings. The second-order valence-corrected chi connectivity index (χ2v) is 2.67. The summed E-state index contributed by atoms with van der Waals surface area (Å²) in [6, 6.07) is 2.06. The molecule has 0 aliphatic carbocycles. The minimum absolute atomic E-state index is 0.722. The third kappa shape index (κ3) is 5.17. The highest BCUT2D eigenvalue weighted by molar-refractivity contribution is 5.32. The zero-order chi connectivity index (χ0) is 8.85. The molecule has 0 rings (SSSR count). The summed E-state index contributed by atoms with van der Waals surface area (Å²) in [4.78, 5) is 0. The van der Waals surface area contributed by atoms with Gasteiger partial charge in [-0.25, -0.2) is 0 Å². The van der Waals surface area contributed by atoms with Crippen molar-refractivity contribution in [1.82, 2.24) is 0 Å². The van der Waals surface area contributed by atoms with Gasteiger partial charge in [-0.2, -0.15) is 5.26 Å². The summed E-state index contributed by atoms with van der Waals surface area (Å²) in [5.41, 5.74) is 2.79. The van der Waals surface area contributed by atoms with Crippen LogP contribution < -0.4 is 0 Å². The van der Waals surface area contributed by atoms with Crippen molar-refractivity contribution in [1.29, 1.82) is 5.26 Å². The van der Waals surface area contributed by atoms with Crippen molar-refractivity contribution in [3.8, 4) is 6.07 Å². The first-order valence-electron chi connectivity index (χ1n) is 3.48. The highest BCUT2D eigenvalue weighted by Crippen LogP contribution is 2.03. The lowest BCUT2D eigenvalue weighted by molar-refractivity contribution is 1.39. The Labute approximate surface area is 68.3 Å². The molecule has 0 fully saturated rings. The van der Waals surface area contributed by atoms with Gasteiger partial charge in [-0.3, -0.25) is 0 Å². The molecule has 0 aromatic heterocycles. The van der Waals surface area contributed by atoms with Gasteiger partial charge in [0.15, 0.2) is 0 Å². The number of rotatable bonds is 2. The van der Waals surface area contributed by atoms with E-state index in [1.165, 1.54) is 0 Å². The monoisotopic (exact) mass is 147 g/mol. The van der Waals surface area contributed by atoms with Crippen LogP contribution in [0.1, 0.15) is 20.8 Å². The van der Waals surface area contributed by atoms with Crippen LogP contribution >= 0.6 is 0 Å². The topological polar surface area (TPSA) is 23.8 Å². The first kappa shape index (κ1) is 9.71. The second kappa shape index (κ2) is 4.51. The van der Waals surface area contributed by atoms with Gasteiger partial charge in [0, 0.05) is 5.57 Å². The van der Waals surface area contributed by atoms with E-state index in [1.54, 1.807) is 6.92 Å². The fourth-order valence-electron chi connectivity index (χ4n) is 0.804. The van der Waals surface area contributed by atoms with Crippen LogP contribution in [0.15, 0.2) is 35.5 Å². The minimum Gasteiger partial charge on any atom is -0.193 e. The van der Waals surface area contributed by atoms with Crippen molar-refractivity contribution >= 4 is 0 Å². The van der Waals surface area contributed by atoms with Crippen LogP contribution in [-0.4, -0.2) is 0 Å². The lowest BCUT2D eigenvalue weighted by Gasteiger charge is -1.91. The molecule has 0 saturated heterocycles. The molecular weight excluding hydrogens is 134 g/mol. The maximum absolute atomic E-state index is 8.45. The number of nitriles is 1. The Morgan fingerprint density at radius 1 is 1.27 bits per heavy atom. The van der Waals surface area contributed by atoms with Gasteiger partial charge in [0.2, 0.25) is 0 Å². The third-order valence-corrected chi connectivity index (χ3v) is 1.09. The smallest absolute Gasteiger partial charge is 0.0944 e. The molecule has 1 nitrogen and oxygen atoms in total. The van der Waals surface area contributed by atoms with Crippen LogP contribution in [0.2, 0.25) is 0 Å². The molecule has 0 aliphatic heterocycles. The standard InChI is InChI=1S/C10H13N/c1-8(2)5-9(3)6-10(4)7-11/h5-6H,1H2,2-4H3/b9-5-,10-6+. The number of hydrogen-bond acceptors (Lipinski definition) is 1. The lowest BCUT2D eigenvalue weighted by Crippen LogP contribution is -1.73. The van der Waals surface area contributed by atoms with Gasteiger partial charge in [0.1, 0.15) is 0 Å². The van der Waals surface area contributed by atoms with Crippen LogP contribution in [0, 0.1) is 11.3 Å². The largest absolute Gasteiger partial charge is 0.193 e. The average Bonchev–Trinajstić information content (AvgIpc) is 1.85. The molecule has 0 radical (unpaired) electrons. The molecule has 0 aromatic carbocycles. The van der Waals surface area contributed by atoms with Gasteiger partial charge in [-0.15, -0.1) is 0 Å². The van der Waals surface area contributed by atoms with E-state index in [-0.39, 0.29) is 0 Å². The van der Waals surface area contributed by atoms with E-state index in [2.05, 4.69) is 12.6 Å². The molecule has 0 aliphatic rings. The molecule has 0 amide bonds. The summed E-state index contributed by atoms with van der Waals surface area (Å²) in [6.45, 7) is 9.41. The van der Waals surface area contributed by atoms with Gasteiger partial charge in [-0.05, 0) is 32.4 Å². The summed E-state index contributed by atoms with van der Waals surface area (Å²) in [5, 5.41) is 8.45. The Balaban J connectivity index is 4.42. The molecule has 1 heteroatoms. The molecule has 0 bridgehead atoms. The zero-order valence-electron chi connectivity index (χ0n) is 7.31. The van der Waals surface area contributed by atoms with Crippen molar-refractivity contribution in [3.63, 3.8) is 0 Å². The first-order chi connectivity index (χ1) is 5.06. The average molecular weight is 147 g/mol. The summed E-state index contributed by atoms with van der Waals surface area (Å²) in [6.07, 6.45) is 3.79. The first-order valence-corrected chi connectivity index (χ1v) is 3.48. The maximum Gasteiger partial charge on any atom is 0.0944 e. The quantitative estimate of drug-likeness (QED) is 0.435. The predicted molar refractivity (Wildman–Crippen MR) is 47.9 cm³/mol. The van der Waals surface area contributed by atoms with Crippen LogP contribution in [-0.2, 0) is 0 Å². The van der Waals surface area contributed by atoms with Crippen LogP contribution in [0.3, 0.4) is 0 Å². The van der Waals surface area contributed by atoms with E-state index < -0.39 is 0 Å². The van der Waals surface area contributed by atoms with E-state index in [0.29, 0.717) is 0 Å². The van der Waals surface area contributed by atoms with Crippen LogP contribution in [0.25, 0.3) is 0 Å². The minimum atomic E-state index is 0.722. The molecule has 58 valence electrons.